The topological polar surface area (TPSA) is 68.7 Å². The van der Waals surface area contributed by atoms with E-state index in [-0.39, 0.29) is 5.56 Å². The van der Waals surface area contributed by atoms with Crippen LogP contribution < -0.4 is 9.47 Å². The zero-order chi connectivity index (χ0) is 13.8. The summed E-state index contributed by atoms with van der Waals surface area (Å²) in [6.45, 7) is 0. The highest BCUT2D eigenvalue weighted by Gasteiger charge is 2.17. The van der Waals surface area contributed by atoms with E-state index in [4.69, 9.17) is 14.6 Å². The summed E-state index contributed by atoms with van der Waals surface area (Å²) in [4.78, 5) is 15.3. The van der Waals surface area contributed by atoms with E-state index in [9.17, 15) is 4.79 Å². The second-order valence-electron chi connectivity index (χ2n) is 3.78. The molecule has 0 aliphatic rings. The van der Waals surface area contributed by atoms with Crippen LogP contribution in [0.5, 0.6) is 11.5 Å². The molecule has 0 atom stereocenters. The molecule has 0 radical (unpaired) electrons. The van der Waals surface area contributed by atoms with Crippen molar-refractivity contribution in [3.05, 3.63) is 42.1 Å². The molecule has 2 aromatic rings. The Morgan fingerprint density at radius 3 is 2.53 bits per heavy atom. The molecule has 1 heterocycles. The summed E-state index contributed by atoms with van der Waals surface area (Å²) in [5.74, 6) is -0.201. The van der Waals surface area contributed by atoms with Crippen molar-refractivity contribution >= 4 is 5.97 Å². The van der Waals surface area contributed by atoms with Gasteiger partial charge in [-0.05, 0) is 24.3 Å². The molecule has 0 amide bonds. The molecule has 5 heteroatoms. The number of carboxylic acid groups (broad SMARTS) is 1. The summed E-state index contributed by atoms with van der Waals surface area (Å²) >= 11 is 0. The van der Waals surface area contributed by atoms with Crippen molar-refractivity contribution in [2.75, 3.05) is 14.2 Å². The molecule has 0 fully saturated rings. The van der Waals surface area contributed by atoms with Gasteiger partial charge < -0.3 is 14.6 Å². The van der Waals surface area contributed by atoms with Gasteiger partial charge in [0.2, 0.25) is 0 Å². The van der Waals surface area contributed by atoms with E-state index in [0.29, 0.717) is 22.8 Å². The predicted molar refractivity (Wildman–Crippen MR) is 69.7 cm³/mol. The monoisotopic (exact) mass is 259 g/mol. The molecular formula is C14H13NO4. The largest absolute Gasteiger partial charge is 0.493 e. The molecule has 1 aromatic heterocycles. The molecule has 0 aliphatic heterocycles. The van der Waals surface area contributed by atoms with E-state index in [1.807, 2.05) is 6.07 Å². The van der Waals surface area contributed by atoms with Gasteiger partial charge in [0.1, 0.15) is 0 Å². The average molecular weight is 259 g/mol. The van der Waals surface area contributed by atoms with Crippen molar-refractivity contribution in [1.29, 1.82) is 0 Å². The normalized spacial score (nSPS) is 10.0. The Kier molecular flexibility index (Phi) is 3.66. The van der Waals surface area contributed by atoms with Gasteiger partial charge in [0.25, 0.3) is 0 Å². The Morgan fingerprint density at radius 2 is 2.00 bits per heavy atom. The minimum atomic E-state index is -1.03. The van der Waals surface area contributed by atoms with Crippen LogP contribution in [0.25, 0.3) is 11.3 Å². The maximum Gasteiger partial charge on any atom is 0.335 e. The van der Waals surface area contributed by atoms with Crippen LogP contribution in [-0.2, 0) is 0 Å². The number of aromatic nitrogens is 1. The Bertz CT molecular complexity index is 596. The average Bonchev–Trinajstić information content (AvgIpc) is 2.46. The highest BCUT2D eigenvalue weighted by Crippen LogP contribution is 2.38. The SMILES string of the molecule is COc1cc(C(=O)O)cc(-c2ccccn2)c1OC. The first kappa shape index (κ1) is 12.9. The lowest BCUT2D eigenvalue weighted by Crippen LogP contribution is -2.01. The van der Waals surface area contributed by atoms with E-state index in [1.165, 1.54) is 26.4 Å². The lowest BCUT2D eigenvalue weighted by atomic mass is 10.0. The molecule has 0 saturated carbocycles. The maximum atomic E-state index is 11.1. The van der Waals surface area contributed by atoms with Gasteiger partial charge in [-0.1, -0.05) is 6.07 Å². The molecule has 0 bridgehead atoms. The first-order chi connectivity index (χ1) is 9.17. The van der Waals surface area contributed by atoms with Crippen LogP contribution in [0.4, 0.5) is 0 Å². The maximum absolute atomic E-state index is 11.1. The summed E-state index contributed by atoms with van der Waals surface area (Å²) in [7, 11) is 2.97. The molecular weight excluding hydrogens is 246 g/mol. The third-order valence-electron chi connectivity index (χ3n) is 2.67. The quantitative estimate of drug-likeness (QED) is 0.913. The lowest BCUT2D eigenvalue weighted by molar-refractivity contribution is 0.0696. The minimum Gasteiger partial charge on any atom is -0.493 e. The van der Waals surface area contributed by atoms with Gasteiger partial charge in [0.05, 0.1) is 25.5 Å². The van der Waals surface area contributed by atoms with Crippen molar-refractivity contribution in [3.8, 4) is 22.8 Å². The van der Waals surface area contributed by atoms with Crippen molar-refractivity contribution < 1.29 is 19.4 Å². The molecule has 5 nitrogen and oxygen atoms in total. The van der Waals surface area contributed by atoms with E-state index in [1.54, 1.807) is 18.3 Å². The first-order valence-corrected chi connectivity index (χ1v) is 5.58. The Labute approximate surface area is 110 Å². The van der Waals surface area contributed by atoms with Crippen LogP contribution >= 0.6 is 0 Å². The number of carbonyl (C=O) groups is 1. The summed E-state index contributed by atoms with van der Waals surface area (Å²) in [5.41, 5.74) is 1.33. The Morgan fingerprint density at radius 1 is 1.21 bits per heavy atom. The summed E-state index contributed by atoms with van der Waals surface area (Å²) in [6.07, 6.45) is 1.63. The van der Waals surface area contributed by atoms with Crippen LogP contribution in [-0.4, -0.2) is 30.3 Å². The van der Waals surface area contributed by atoms with Crippen LogP contribution in [0, 0.1) is 0 Å². The van der Waals surface area contributed by atoms with Crippen molar-refractivity contribution in [2.45, 2.75) is 0 Å². The summed E-state index contributed by atoms with van der Waals surface area (Å²) in [6, 6.07) is 8.33. The van der Waals surface area contributed by atoms with E-state index >= 15 is 0 Å². The van der Waals surface area contributed by atoms with Crippen LogP contribution in [0.2, 0.25) is 0 Å². The standard InChI is InChI=1S/C14H13NO4/c1-18-12-8-9(14(16)17)7-10(13(12)19-2)11-5-3-4-6-15-11/h3-8H,1-2H3,(H,16,17). The predicted octanol–water partition coefficient (Wildman–Crippen LogP) is 2.46. The van der Waals surface area contributed by atoms with Crippen molar-refractivity contribution in [1.82, 2.24) is 4.98 Å². The molecule has 0 unspecified atom stereocenters. The van der Waals surface area contributed by atoms with Gasteiger partial charge in [-0.2, -0.15) is 0 Å². The molecule has 2 rings (SSSR count). The number of methoxy groups -OCH3 is 2. The number of benzene rings is 1. The lowest BCUT2D eigenvalue weighted by Gasteiger charge is -2.13. The first-order valence-electron chi connectivity index (χ1n) is 5.58. The third kappa shape index (κ3) is 2.49. The number of rotatable bonds is 4. The van der Waals surface area contributed by atoms with Crippen LogP contribution in [0.3, 0.4) is 0 Å². The fraction of sp³-hybridized carbons (Fsp3) is 0.143. The van der Waals surface area contributed by atoms with E-state index in [2.05, 4.69) is 4.98 Å². The number of hydrogen-bond acceptors (Lipinski definition) is 4. The van der Waals surface area contributed by atoms with E-state index in [0.717, 1.165) is 0 Å². The zero-order valence-electron chi connectivity index (χ0n) is 10.6. The molecule has 0 spiro atoms. The number of aromatic carboxylic acids is 1. The molecule has 19 heavy (non-hydrogen) atoms. The smallest absolute Gasteiger partial charge is 0.335 e. The Balaban J connectivity index is 2.70. The molecule has 98 valence electrons. The molecule has 0 aliphatic carbocycles. The van der Waals surface area contributed by atoms with E-state index < -0.39 is 5.97 Å². The van der Waals surface area contributed by atoms with Crippen molar-refractivity contribution in [3.63, 3.8) is 0 Å². The number of carboxylic acids is 1. The summed E-state index contributed by atoms with van der Waals surface area (Å²) < 4.78 is 10.5. The molecule has 1 N–H and O–H groups in total. The highest BCUT2D eigenvalue weighted by molar-refractivity contribution is 5.91. The zero-order valence-corrected chi connectivity index (χ0v) is 10.6. The Hall–Kier alpha value is -2.56. The number of nitrogens with zero attached hydrogens (tertiary/aromatic N) is 1. The van der Waals surface area contributed by atoms with Crippen molar-refractivity contribution in [2.24, 2.45) is 0 Å². The van der Waals surface area contributed by atoms with Gasteiger partial charge in [-0.3, -0.25) is 4.98 Å². The number of hydrogen-bond donors (Lipinski definition) is 1. The van der Waals surface area contributed by atoms with Gasteiger partial charge >= 0.3 is 5.97 Å². The summed E-state index contributed by atoms with van der Waals surface area (Å²) in [5, 5.41) is 9.12. The molecule has 1 aromatic carbocycles. The van der Waals surface area contributed by atoms with Gasteiger partial charge in [0.15, 0.2) is 11.5 Å². The van der Waals surface area contributed by atoms with Gasteiger partial charge in [-0.25, -0.2) is 4.79 Å². The fourth-order valence-electron chi connectivity index (χ4n) is 1.80. The second-order valence-corrected chi connectivity index (χ2v) is 3.78. The molecule has 0 saturated heterocycles. The van der Waals surface area contributed by atoms with Gasteiger partial charge in [-0.15, -0.1) is 0 Å². The number of ether oxygens (including phenoxy) is 2. The second kappa shape index (κ2) is 5.39. The fourth-order valence-corrected chi connectivity index (χ4v) is 1.80. The van der Waals surface area contributed by atoms with Crippen LogP contribution in [0.15, 0.2) is 36.5 Å². The van der Waals surface area contributed by atoms with Gasteiger partial charge in [0, 0.05) is 11.8 Å². The van der Waals surface area contributed by atoms with Crippen LogP contribution in [0.1, 0.15) is 10.4 Å². The third-order valence-corrected chi connectivity index (χ3v) is 2.67. The number of pyridine rings is 1. The highest BCUT2D eigenvalue weighted by atomic mass is 16.5. The minimum absolute atomic E-state index is 0.123.